The predicted octanol–water partition coefficient (Wildman–Crippen LogP) is 5.26. The molecule has 6 nitrogen and oxygen atoms in total. The van der Waals surface area contributed by atoms with E-state index in [9.17, 15) is 0 Å². The second kappa shape index (κ2) is 7.62. The summed E-state index contributed by atoms with van der Waals surface area (Å²) in [5.41, 5.74) is 3.88. The Labute approximate surface area is 171 Å². The van der Waals surface area contributed by atoms with Crippen LogP contribution >= 0.6 is 11.3 Å². The minimum Gasteiger partial charge on any atom is -0.464 e. The van der Waals surface area contributed by atoms with Crippen LogP contribution in [0.15, 0.2) is 71.7 Å². The fourth-order valence-corrected chi connectivity index (χ4v) is 4.08. The van der Waals surface area contributed by atoms with Crippen molar-refractivity contribution in [1.82, 2.24) is 19.9 Å². The summed E-state index contributed by atoms with van der Waals surface area (Å²) in [6.45, 7) is 1.64. The molecule has 144 valence electrons. The summed E-state index contributed by atoms with van der Waals surface area (Å²) in [5, 5.41) is 1.66. The highest BCUT2D eigenvalue weighted by Crippen LogP contribution is 2.33. The highest BCUT2D eigenvalue weighted by atomic mass is 32.1. The summed E-state index contributed by atoms with van der Waals surface area (Å²) in [4.78, 5) is 15.0. The van der Waals surface area contributed by atoms with Crippen LogP contribution in [0.3, 0.4) is 0 Å². The number of aromatic nitrogens is 3. The van der Waals surface area contributed by atoms with E-state index < -0.39 is 0 Å². The smallest absolute Gasteiger partial charge is 0.281 e. The summed E-state index contributed by atoms with van der Waals surface area (Å²) in [7, 11) is 2.10. The van der Waals surface area contributed by atoms with Gasteiger partial charge in [0.25, 0.3) is 5.19 Å². The number of fused-ring (bicyclic) bond motifs is 2. The van der Waals surface area contributed by atoms with Gasteiger partial charge >= 0.3 is 0 Å². The Kier molecular flexibility index (Phi) is 4.67. The van der Waals surface area contributed by atoms with Gasteiger partial charge in [-0.05, 0) is 49.0 Å². The van der Waals surface area contributed by atoms with Crippen molar-refractivity contribution >= 4 is 32.7 Å². The van der Waals surface area contributed by atoms with E-state index in [2.05, 4.69) is 26.9 Å². The van der Waals surface area contributed by atoms with Gasteiger partial charge in [-0.25, -0.2) is 4.98 Å². The Bertz CT molecular complexity index is 1230. The fourth-order valence-electron chi connectivity index (χ4n) is 3.29. The van der Waals surface area contributed by atoms with Crippen molar-refractivity contribution in [3.8, 4) is 10.9 Å². The molecule has 7 heteroatoms. The average Bonchev–Trinajstić information content (AvgIpc) is 3.32. The highest BCUT2D eigenvalue weighted by Gasteiger charge is 2.12. The Morgan fingerprint density at radius 3 is 2.83 bits per heavy atom. The van der Waals surface area contributed by atoms with Gasteiger partial charge < -0.3 is 9.15 Å². The standard InChI is InChI=1S/C22H18N4O2S/c1-26(12-15-6-9-23-10-7-15)13-16-14-27-19-11-17(4-5-18(16)19)28-22-25-21-20(29-22)3-2-8-24-21/h2-11,14H,12-13H2,1H3. The SMILES string of the molecule is CN(Cc1ccncc1)Cc1coc2cc(Oc3nc4ncccc4s3)ccc12. The molecule has 0 radical (unpaired) electrons. The first-order chi connectivity index (χ1) is 14.2. The third-order valence-corrected chi connectivity index (χ3v) is 5.51. The lowest BCUT2D eigenvalue weighted by Crippen LogP contribution is -2.16. The van der Waals surface area contributed by atoms with Gasteiger partial charge in [0.05, 0.1) is 11.0 Å². The van der Waals surface area contributed by atoms with Crippen LogP contribution in [0, 0.1) is 0 Å². The average molecular weight is 402 g/mol. The van der Waals surface area contributed by atoms with Gasteiger partial charge in [0, 0.05) is 48.7 Å². The van der Waals surface area contributed by atoms with Gasteiger partial charge in [-0.2, -0.15) is 4.98 Å². The molecule has 0 spiro atoms. The molecule has 0 bridgehead atoms. The van der Waals surface area contributed by atoms with Crippen molar-refractivity contribution in [3.63, 3.8) is 0 Å². The lowest BCUT2D eigenvalue weighted by molar-refractivity contribution is 0.318. The fraction of sp³-hybridized carbons (Fsp3) is 0.136. The van der Waals surface area contributed by atoms with E-state index >= 15 is 0 Å². The zero-order chi connectivity index (χ0) is 19.6. The number of thiazole rings is 1. The number of rotatable bonds is 6. The van der Waals surface area contributed by atoms with Crippen LogP contribution in [-0.4, -0.2) is 26.9 Å². The number of hydrogen-bond donors (Lipinski definition) is 0. The minimum absolute atomic E-state index is 0.571. The molecule has 5 rings (SSSR count). The summed E-state index contributed by atoms with van der Waals surface area (Å²) in [6, 6.07) is 13.8. The first-order valence-corrected chi connectivity index (χ1v) is 10.0. The van der Waals surface area contributed by atoms with Gasteiger partial charge in [0.15, 0.2) is 5.65 Å². The van der Waals surface area contributed by atoms with Gasteiger partial charge in [-0.15, -0.1) is 0 Å². The van der Waals surface area contributed by atoms with Crippen molar-refractivity contribution in [1.29, 1.82) is 0 Å². The molecule has 0 unspecified atom stereocenters. The van der Waals surface area contributed by atoms with Crippen LogP contribution in [0.2, 0.25) is 0 Å². The molecule has 4 heterocycles. The highest BCUT2D eigenvalue weighted by molar-refractivity contribution is 7.20. The van der Waals surface area contributed by atoms with Crippen LogP contribution < -0.4 is 4.74 Å². The van der Waals surface area contributed by atoms with Crippen LogP contribution in [0.1, 0.15) is 11.1 Å². The van der Waals surface area contributed by atoms with Gasteiger partial charge in [-0.3, -0.25) is 9.88 Å². The van der Waals surface area contributed by atoms with E-state index in [1.54, 1.807) is 6.20 Å². The third-order valence-electron chi connectivity index (χ3n) is 4.62. The van der Waals surface area contributed by atoms with E-state index in [0.717, 1.165) is 34.3 Å². The van der Waals surface area contributed by atoms with E-state index in [0.29, 0.717) is 16.6 Å². The predicted molar refractivity (Wildman–Crippen MR) is 113 cm³/mol. The summed E-state index contributed by atoms with van der Waals surface area (Å²) in [6.07, 6.45) is 7.19. The molecule has 0 atom stereocenters. The molecule has 1 aromatic carbocycles. The van der Waals surface area contributed by atoms with E-state index in [1.165, 1.54) is 16.9 Å². The minimum atomic E-state index is 0.571. The van der Waals surface area contributed by atoms with Crippen molar-refractivity contribution in [2.75, 3.05) is 7.05 Å². The van der Waals surface area contributed by atoms with Crippen molar-refractivity contribution in [2.45, 2.75) is 13.1 Å². The molecule has 0 aliphatic carbocycles. The quantitative estimate of drug-likeness (QED) is 0.386. The maximum absolute atomic E-state index is 5.93. The van der Waals surface area contributed by atoms with Gasteiger partial charge in [0.2, 0.25) is 0 Å². The van der Waals surface area contributed by atoms with Crippen LogP contribution in [0.25, 0.3) is 21.3 Å². The molecular formula is C22H18N4O2S. The maximum atomic E-state index is 5.93. The van der Waals surface area contributed by atoms with Crippen LogP contribution in [-0.2, 0) is 13.1 Å². The topological polar surface area (TPSA) is 64.3 Å². The van der Waals surface area contributed by atoms with E-state index in [1.807, 2.05) is 61.1 Å². The monoisotopic (exact) mass is 402 g/mol. The van der Waals surface area contributed by atoms with Crippen LogP contribution in [0.4, 0.5) is 0 Å². The van der Waals surface area contributed by atoms with E-state index in [4.69, 9.17) is 9.15 Å². The van der Waals surface area contributed by atoms with Gasteiger partial charge in [0.1, 0.15) is 11.3 Å². The Balaban J connectivity index is 1.32. The zero-order valence-electron chi connectivity index (χ0n) is 15.8. The molecule has 0 N–H and O–H groups in total. The van der Waals surface area contributed by atoms with E-state index in [-0.39, 0.29) is 0 Å². The summed E-state index contributed by atoms with van der Waals surface area (Å²) in [5.74, 6) is 0.697. The molecular weight excluding hydrogens is 384 g/mol. The molecule has 0 amide bonds. The maximum Gasteiger partial charge on any atom is 0.281 e. The Morgan fingerprint density at radius 1 is 1.07 bits per heavy atom. The molecule has 0 saturated heterocycles. The lowest BCUT2D eigenvalue weighted by Gasteiger charge is -2.15. The van der Waals surface area contributed by atoms with Gasteiger partial charge in [-0.1, -0.05) is 11.3 Å². The van der Waals surface area contributed by atoms with Crippen LogP contribution in [0.5, 0.6) is 10.9 Å². The number of furan rings is 1. The molecule has 0 aliphatic heterocycles. The summed E-state index contributed by atoms with van der Waals surface area (Å²) < 4.78 is 12.7. The molecule has 29 heavy (non-hydrogen) atoms. The second-order valence-corrected chi connectivity index (χ2v) is 7.85. The first kappa shape index (κ1) is 17.8. The van der Waals surface area contributed by atoms with Crippen molar-refractivity contribution < 1.29 is 9.15 Å². The summed E-state index contributed by atoms with van der Waals surface area (Å²) >= 11 is 1.47. The normalized spacial score (nSPS) is 11.5. The number of pyridine rings is 2. The second-order valence-electron chi connectivity index (χ2n) is 6.85. The molecule has 5 aromatic rings. The number of hydrogen-bond acceptors (Lipinski definition) is 7. The lowest BCUT2D eigenvalue weighted by atomic mass is 10.1. The Morgan fingerprint density at radius 2 is 1.97 bits per heavy atom. The van der Waals surface area contributed by atoms with Crippen molar-refractivity contribution in [3.05, 3.63) is 78.4 Å². The zero-order valence-corrected chi connectivity index (χ0v) is 16.6. The van der Waals surface area contributed by atoms with Crippen molar-refractivity contribution in [2.24, 2.45) is 0 Å². The third kappa shape index (κ3) is 3.83. The number of ether oxygens (including phenoxy) is 1. The molecule has 0 fully saturated rings. The number of nitrogens with zero attached hydrogens (tertiary/aromatic N) is 4. The first-order valence-electron chi connectivity index (χ1n) is 9.21. The number of benzene rings is 1. The molecule has 4 aromatic heterocycles. The largest absolute Gasteiger partial charge is 0.464 e. The molecule has 0 saturated carbocycles. The Hall–Kier alpha value is -3.29. The molecule has 0 aliphatic rings.